The van der Waals surface area contributed by atoms with Gasteiger partial charge in [-0.15, -0.1) is 0 Å². The molecule has 6 nitrogen and oxygen atoms in total. The van der Waals surface area contributed by atoms with E-state index in [0.29, 0.717) is 26.2 Å². The zero-order valence-electron chi connectivity index (χ0n) is 16.2. The summed E-state index contributed by atoms with van der Waals surface area (Å²) in [5, 5.41) is 2.93. The summed E-state index contributed by atoms with van der Waals surface area (Å²) in [6.45, 7) is 2.94. The van der Waals surface area contributed by atoms with E-state index in [1.165, 1.54) is 17.0 Å². The van der Waals surface area contributed by atoms with E-state index in [4.69, 9.17) is 4.74 Å². The zero-order valence-corrected chi connectivity index (χ0v) is 16.2. The second-order valence-corrected chi connectivity index (χ2v) is 8.18. The first-order valence-electron chi connectivity index (χ1n) is 10.3. The van der Waals surface area contributed by atoms with E-state index >= 15 is 0 Å². The molecular formula is C21H28FN3O3. The Morgan fingerprint density at radius 3 is 2.79 bits per heavy atom. The summed E-state index contributed by atoms with van der Waals surface area (Å²) < 4.78 is 19.3. The van der Waals surface area contributed by atoms with E-state index in [9.17, 15) is 14.0 Å². The monoisotopic (exact) mass is 389 g/mol. The van der Waals surface area contributed by atoms with Gasteiger partial charge in [0.05, 0.1) is 6.10 Å². The second-order valence-electron chi connectivity index (χ2n) is 8.18. The first-order chi connectivity index (χ1) is 13.6. The van der Waals surface area contributed by atoms with Crippen molar-refractivity contribution < 1.29 is 18.7 Å². The second kappa shape index (κ2) is 8.17. The van der Waals surface area contributed by atoms with Crippen molar-refractivity contribution in [2.24, 2.45) is 0 Å². The molecule has 0 aromatic heterocycles. The standard InChI is InChI=1S/C21H28FN3O3/c22-17-6-3-5-16(13-17)14-24(15-18-7-4-12-28-18)10-11-25-19(26)21(23-20(25)27)8-1-2-9-21/h3,5-6,13,18H,1-2,4,7-12,14-15H2,(H,23,27). The number of hydrogen-bond acceptors (Lipinski definition) is 4. The highest BCUT2D eigenvalue weighted by Crippen LogP contribution is 2.35. The average molecular weight is 389 g/mol. The van der Waals surface area contributed by atoms with Gasteiger partial charge in [-0.1, -0.05) is 25.0 Å². The van der Waals surface area contributed by atoms with Gasteiger partial charge >= 0.3 is 6.03 Å². The van der Waals surface area contributed by atoms with Crippen LogP contribution in [0.1, 0.15) is 44.1 Å². The smallest absolute Gasteiger partial charge is 0.325 e. The van der Waals surface area contributed by atoms with Gasteiger partial charge in [0.1, 0.15) is 11.4 Å². The van der Waals surface area contributed by atoms with Crippen molar-refractivity contribution >= 4 is 11.9 Å². The predicted molar refractivity (Wildman–Crippen MR) is 102 cm³/mol. The minimum Gasteiger partial charge on any atom is -0.377 e. The van der Waals surface area contributed by atoms with Crippen LogP contribution in [0.2, 0.25) is 0 Å². The van der Waals surface area contributed by atoms with Gasteiger partial charge < -0.3 is 10.1 Å². The average Bonchev–Trinajstić information content (AvgIpc) is 3.38. The third-order valence-electron chi connectivity index (χ3n) is 6.12. The lowest BCUT2D eigenvalue weighted by Gasteiger charge is -2.27. The molecule has 28 heavy (non-hydrogen) atoms. The summed E-state index contributed by atoms with van der Waals surface area (Å²) in [7, 11) is 0. The molecular weight excluding hydrogens is 361 g/mol. The molecule has 1 saturated carbocycles. The number of benzene rings is 1. The van der Waals surface area contributed by atoms with Crippen LogP contribution in [0.4, 0.5) is 9.18 Å². The number of rotatable bonds is 7. The van der Waals surface area contributed by atoms with E-state index < -0.39 is 5.54 Å². The molecule has 1 aromatic carbocycles. The van der Waals surface area contributed by atoms with Crippen molar-refractivity contribution in [2.45, 2.75) is 56.7 Å². The van der Waals surface area contributed by atoms with Crippen molar-refractivity contribution in [3.8, 4) is 0 Å². The number of amides is 3. The van der Waals surface area contributed by atoms with Crippen molar-refractivity contribution in [1.82, 2.24) is 15.1 Å². The molecule has 2 heterocycles. The van der Waals surface area contributed by atoms with Crippen LogP contribution in [-0.2, 0) is 16.1 Å². The van der Waals surface area contributed by atoms with Crippen molar-refractivity contribution in [1.29, 1.82) is 0 Å². The maximum Gasteiger partial charge on any atom is 0.325 e. The Kier molecular flexibility index (Phi) is 5.64. The Morgan fingerprint density at radius 1 is 1.25 bits per heavy atom. The Morgan fingerprint density at radius 2 is 2.07 bits per heavy atom. The number of carbonyl (C=O) groups excluding carboxylic acids is 2. The summed E-state index contributed by atoms with van der Waals surface area (Å²) in [5.74, 6) is -0.343. The van der Waals surface area contributed by atoms with Crippen molar-refractivity contribution in [3.05, 3.63) is 35.6 Å². The van der Waals surface area contributed by atoms with Crippen LogP contribution in [0, 0.1) is 5.82 Å². The zero-order chi connectivity index (χ0) is 19.6. The van der Waals surface area contributed by atoms with Gasteiger partial charge in [-0.25, -0.2) is 9.18 Å². The van der Waals surface area contributed by atoms with Gasteiger partial charge in [-0.3, -0.25) is 14.6 Å². The highest BCUT2D eigenvalue weighted by atomic mass is 19.1. The van der Waals surface area contributed by atoms with Crippen molar-refractivity contribution in [3.63, 3.8) is 0 Å². The predicted octanol–water partition coefficient (Wildman–Crippen LogP) is 2.67. The molecule has 4 rings (SSSR count). The summed E-state index contributed by atoms with van der Waals surface area (Å²) in [6, 6.07) is 6.28. The number of halogens is 1. The van der Waals surface area contributed by atoms with Crippen LogP contribution in [0.15, 0.2) is 24.3 Å². The van der Waals surface area contributed by atoms with Crippen LogP contribution in [0.5, 0.6) is 0 Å². The summed E-state index contributed by atoms with van der Waals surface area (Å²) in [5.41, 5.74) is 0.210. The number of nitrogens with one attached hydrogen (secondary N) is 1. The maximum absolute atomic E-state index is 13.6. The molecule has 1 atom stereocenters. The lowest BCUT2D eigenvalue weighted by molar-refractivity contribution is -0.131. The normalized spacial score (nSPS) is 23.9. The number of imide groups is 1. The van der Waals surface area contributed by atoms with Gasteiger partial charge in [0.2, 0.25) is 0 Å². The molecule has 3 aliphatic rings. The number of urea groups is 1. The van der Waals surface area contributed by atoms with E-state index in [-0.39, 0.29) is 23.9 Å². The van der Waals surface area contributed by atoms with E-state index in [1.54, 1.807) is 6.07 Å². The van der Waals surface area contributed by atoms with E-state index in [2.05, 4.69) is 10.2 Å². The largest absolute Gasteiger partial charge is 0.377 e. The fourth-order valence-corrected chi connectivity index (χ4v) is 4.64. The lowest BCUT2D eigenvalue weighted by atomic mass is 9.98. The highest BCUT2D eigenvalue weighted by Gasteiger charge is 2.52. The quantitative estimate of drug-likeness (QED) is 0.729. The van der Waals surface area contributed by atoms with Gasteiger partial charge in [-0.05, 0) is 43.4 Å². The number of ether oxygens (including phenoxy) is 1. The van der Waals surface area contributed by atoms with Crippen LogP contribution in [-0.4, -0.2) is 59.6 Å². The fourth-order valence-electron chi connectivity index (χ4n) is 4.64. The molecule has 3 amide bonds. The van der Waals surface area contributed by atoms with Crippen LogP contribution in [0.3, 0.4) is 0 Å². The minimum atomic E-state index is -0.668. The number of hydrogen-bond donors (Lipinski definition) is 1. The molecule has 0 bridgehead atoms. The Bertz CT molecular complexity index is 729. The minimum absolute atomic E-state index is 0.0854. The first kappa shape index (κ1) is 19.3. The SMILES string of the molecule is O=C1NC2(CCCC2)C(=O)N1CCN(Cc1cccc(F)c1)CC1CCCO1. The molecule has 1 aliphatic carbocycles. The Labute approximate surface area is 165 Å². The molecule has 3 fully saturated rings. The van der Waals surface area contributed by atoms with Crippen LogP contribution >= 0.6 is 0 Å². The van der Waals surface area contributed by atoms with Crippen LogP contribution < -0.4 is 5.32 Å². The van der Waals surface area contributed by atoms with Gasteiger partial charge in [0.25, 0.3) is 5.91 Å². The summed E-state index contributed by atoms with van der Waals surface area (Å²) in [4.78, 5) is 28.8. The third-order valence-corrected chi connectivity index (χ3v) is 6.12. The van der Waals surface area contributed by atoms with Crippen LogP contribution in [0.25, 0.3) is 0 Å². The first-order valence-corrected chi connectivity index (χ1v) is 10.3. The van der Waals surface area contributed by atoms with Gasteiger partial charge in [0, 0.05) is 32.8 Å². The molecule has 1 aromatic rings. The van der Waals surface area contributed by atoms with Crippen molar-refractivity contribution in [2.75, 3.05) is 26.2 Å². The molecule has 1 N–H and O–H groups in total. The van der Waals surface area contributed by atoms with Gasteiger partial charge in [0.15, 0.2) is 0 Å². The highest BCUT2D eigenvalue weighted by molar-refractivity contribution is 6.07. The summed E-state index contributed by atoms with van der Waals surface area (Å²) in [6.07, 6.45) is 5.63. The third kappa shape index (κ3) is 4.05. The molecule has 7 heteroatoms. The molecule has 152 valence electrons. The summed E-state index contributed by atoms with van der Waals surface area (Å²) >= 11 is 0. The molecule has 1 spiro atoms. The molecule has 2 aliphatic heterocycles. The van der Waals surface area contributed by atoms with E-state index in [1.807, 2.05) is 6.07 Å². The topological polar surface area (TPSA) is 61.9 Å². The number of carbonyl (C=O) groups is 2. The lowest BCUT2D eigenvalue weighted by Crippen LogP contribution is -2.45. The molecule has 0 radical (unpaired) electrons. The Hall–Kier alpha value is -1.99. The van der Waals surface area contributed by atoms with E-state index in [0.717, 1.165) is 50.7 Å². The molecule has 2 saturated heterocycles. The Balaban J connectivity index is 1.41. The molecule has 1 unspecified atom stereocenters. The number of nitrogens with zero attached hydrogens (tertiary/aromatic N) is 2. The van der Waals surface area contributed by atoms with Gasteiger partial charge in [-0.2, -0.15) is 0 Å². The maximum atomic E-state index is 13.6. The fraction of sp³-hybridized carbons (Fsp3) is 0.619.